The van der Waals surface area contributed by atoms with Crippen LogP contribution in [0.3, 0.4) is 0 Å². The average Bonchev–Trinajstić information content (AvgIpc) is 2.30. The highest BCUT2D eigenvalue weighted by Gasteiger charge is 2.20. The van der Waals surface area contributed by atoms with Gasteiger partial charge in [0.25, 0.3) is 0 Å². The minimum Gasteiger partial charge on any atom is -0.368 e. The molecular formula is C11H23N3O2S. The average molecular weight is 261 g/mol. The summed E-state index contributed by atoms with van der Waals surface area (Å²) in [5.41, 5.74) is 10.9. The zero-order valence-electron chi connectivity index (χ0n) is 10.6. The summed E-state index contributed by atoms with van der Waals surface area (Å²) in [5.74, 6) is -0.0172. The van der Waals surface area contributed by atoms with Crippen molar-refractivity contribution in [1.29, 1.82) is 0 Å². The van der Waals surface area contributed by atoms with Gasteiger partial charge in [0.05, 0.1) is 6.04 Å². The first-order valence-corrected chi connectivity index (χ1v) is 7.26. The summed E-state index contributed by atoms with van der Waals surface area (Å²) in [6, 6.07) is -1.16. The van der Waals surface area contributed by atoms with E-state index in [2.05, 4.69) is 5.32 Å². The van der Waals surface area contributed by atoms with E-state index >= 15 is 0 Å². The molecule has 2 amide bonds. The molecule has 0 fully saturated rings. The van der Waals surface area contributed by atoms with E-state index in [4.69, 9.17) is 11.5 Å². The van der Waals surface area contributed by atoms with E-state index in [0.29, 0.717) is 12.8 Å². The highest BCUT2D eigenvalue weighted by molar-refractivity contribution is 7.98. The van der Waals surface area contributed by atoms with Crippen molar-refractivity contribution in [2.24, 2.45) is 11.5 Å². The minimum absolute atomic E-state index is 0.289. The fourth-order valence-electron chi connectivity index (χ4n) is 1.36. The quantitative estimate of drug-likeness (QED) is 0.553. The minimum atomic E-state index is -0.609. The molecule has 0 aromatic heterocycles. The molecule has 0 spiro atoms. The molecule has 100 valence electrons. The van der Waals surface area contributed by atoms with Crippen molar-refractivity contribution in [1.82, 2.24) is 5.32 Å². The Balaban J connectivity index is 4.15. The predicted octanol–water partition coefficient (Wildman–Crippen LogP) is 0.227. The Morgan fingerprint density at radius 2 is 2.00 bits per heavy atom. The van der Waals surface area contributed by atoms with Crippen molar-refractivity contribution in [3.8, 4) is 0 Å². The van der Waals surface area contributed by atoms with Gasteiger partial charge in [-0.2, -0.15) is 11.8 Å². The molecule has 0 heterocycles. The Morgan fingerprint density at radius 1 is 1.35 bits per heavy atom. The largest absolute Gasteiger partial charge is 0.368 e. The topological polar surface area (TPSA) is 98.2 Å². The van der Waals surface area contributed by atoms with E-state index in [0.717, 1.165) is 18.6 Å². The second kappa shape index (κ2) is 9.30. The molecule has 0 unspecified atom stereocenters. The predicted molar refractivity (Wildman–Crippen MR) is 71.6 cm³/mol. The summed E-state index contributed by atoms with van der Waals surface area (Å²) in [6.45, 7) is 2.04. The molecule has 5 N–H and O–H groups in total. The number of hydrogen-bond donors (Lipinski definition) is 3. The van der Waals surface area contributed by atoms with Gasteiger partial charge in [0, 0.05) is 0 Å². The summed E-state index contributed by atoms with van der Waals surface area (Å²) in [4.78, 5) is 22.8. The maximum atomic E-state index is 11.7. The molecule has 0 aromatic carbocycles. The molecule has 0 saturated heterocycles. The van der Waals surface area contributed by atoms with Crippen LogP contribution in [0, 0.1) is 0 Å². The Kier molecular flexibility index (Phi) is 8.89. The molecule has 5 nitrogen and oxygen atoms in total. The molecule has 6 heteroatoms. The third-order valence-corrected chi connectivity index (χ3v) is 3.12. The van der Waals surface area contributed by atoms with Crippen molar-refractivity contribution >= 4 is 23.6 Å². The maximum absolute atomic E-state index is 11.7. The van der Waals surface area contributed by atoms with Crippen LogP contribution in [0.15, 0.2) is 0 Å². The number of carbonyl (C=O) groups is 2. The summed E-state index contributed by atoms with van der Waals surface area (Å²) in [5, 5.41) is 2.61. The summed E-state index contributed by atoms with van der Waals surface area (Å²) in [7, 11) is 0. The summed E-state index contributed by atoms with van der Waals surface area (Å²) in [6.07, 6.45) is 5.01. The number of nitrogens with one attached hydrogen (secondary N) is 1. The van der Waals surface area contributed by atoms with E-state index in [1.54, 1.807) is 11.8 Å². The zero-order valence-corrected chi connectivity index (χ0v) is 11.4. The third kappa shape index (κ3) is 7.23. The number of hydrogen-bond acceptors (Lipinski definition) is 4. The first-order chi connectivity index (χ1) is 8.02. The SMILES string of the molecule is CCCC[C@@H](N)C(=O)N[C@H](CCSC)C(N)=O. The molecule has 0 aliphatic rings. The monoisotopic (exact) mass is 261 g/mol. The van der Waals surface area contributed by atoms with Gasteiger partial charge in [0.2, 0.25) is 11.8 Å². The van der Waals surface area contributed by atoms with Crippen LogP contribution in [0.25, 0.3) is 0 Å². The lowest BCUT2D eigenvalue weighted by Gasteiger charge is -2.18. The lowest BCUT2D eigenvalue weighted by Crippen LogP contribution is -2.50. The molecule has 0 saturated carbocycles. The van der Waals surface area contributed by atoms with E-state index in [1.807, 2.05) is 13.2 Å². The Labute approximate surface area is 107 Å². The van der Waals surface area contributed by atoms with Gasteiger partial charge in [-0.25, -0.2) is 0 Å². The van der Waals surface area contributed by atoms with E-state index < -0.39 is 18.0 Å². The van der Waals surface area contributed by atoms with Gasteiger partial charge in [0.1, 0.15) is 6.04 Å². The first-order valence-electron chi connectivity index (χ1n) is 5.87. The summed E-state index contributed by atoms with van der Waals surface area (Å²) < 4.78 is 0. The van der Waals surface area contributed by atoms with E-state index in [-0.39, 0.29) is 5.91 Å². The third-order valence-electron chi connectivity index (χ3n) is 2.48. The molecule has 2 atom stereocenters. The molecular weight excluding hydrogens is 238 g/mol. The fraction of sp³-hybridized carbons (Fsp3) is 0.818. The Hall–Kier alpha value is -0.750. The molecule has 17 heavy (non-hydrogen) atoms. The number of carbonyl (C=O) groups excluding carboxylic acids is 2. The maximum Gasteiger partial charge on any atom is 0.240 e. The van der Waals surface area contributed by atoms with Crippen molar-refractivity contribution in [2.45, 2.75) is 44.7 Å². The van der Waals surface area contributed by atoms with Gasteiger partial charge in [-0.1, -0.05) is 19.8 Å². The van der Waals surface area contributed by atoms with Crippen LogP contribution in [0.5, 0.6) is 0 Å². The van der Waals surface area contributed by atoms with Gasteiger partial charge in [-0.15, -0.1) is 0 Å². The number of rotatable bonds is 9. The molecule has 0 aliphatic heterocycles. The molecule has 0 bridgehead atoms. The van der Waals surface area contributed by atoms with Crippen LogP contribution in [0.2, 0.25) is 0 Å². The summed E-state index contributed by atoms with van der Waals surface area (Å²) >= 11 is 1.61. The van der Waals surface area contributed by atoms with Crippen LogP contribution in [0.4, 0.5) is 0 Å². The second-order valence-electron chi connectivity index (χ2n) is 3.99. The lowest BCUT2D eigenvalue weighted by atomic mass is 10.1. The van der Waals surface area contributed by atoms with E-state index in [1.165, 1.54) is 0 Å². The first kappa shape index (κ1) is 16.2. The molecule has 0 aliphatic carbocycles. The lowest BCUT2D eigenvalue weighted by molar-refractivity contribution is -0.128. The fourth-order valence-corrected chi connectivity index (χ4v) is 1.83. The second-order valence-corrected chi connectivity index (χ2v) is 4.98. The molecule has 0 aromatic rings. The Bertz CT molecular complexity index is 249. The van der Waals surface area contributed by atoms with Crippen LogP contribution in [-0.2, 0) is 9.59 Å². The van der Waals surface area contributed by atoms with E-state index in [9.17, 15) is 9.59 Å². The Morgan fingerprint density at radius 3 is 2.47 bits per heavy atom. The van der Waals surface area contributed by atoms with Crippen molar-refractivity contribution in [2.75, 3.05) is 12.0 Å². The van der Waals surface area contributed by atoms with Crippen molar-refractivity contribution < 1.29 is 9.59 Å². The van der Waals surface area contributed by atoms with Gasteiger partial charge < -0.3 is 16.8 Å². The highest BCUT2D eigenvalue weighted by atomic mass is 32.2. The van der Waals surface area contributed by atoms with Gasteiger partial charge in [-0.05, 0) is 24.9 Å². The van der Waals surface area contributed by atoms with Crippen LogP contribution >= 0.6 is 11.8 Å². The van der Waals surface area contributed by atoms with Crippen LogP contribution in [0.1, 0.15) is 32.6 Å². The number of thioether (sulfide) groups is 1. The van der Waals surface area contributed by atoms with Crippen LogP contribution < -0.4 is 16.8 Å². The number of unbranched alkanes of at least 4 members (excludes halogenated alkanes) is 1. The van der Waals surface area contributed by atoms with Gasteiger partial charge in [-0.3, -0.25) is 9.59 Å². The normalized spacial score (nSPS) is 14.1. The number of nitrogens with two attached hydrogens (primary N) is 2. The van der Waals surface area contributed by atoms with Crippen molar-refractivity contribution in [3.63, 3.8) is 0 Å². The van der Waals surface area contributed by atoms with Gasteiger partial charge in [0.15, 0.2) is 0 Å². The standard InChI is InChI=1S/C11H23N3O2S/c1-3-4-5-8(12)11(16)14-9(10(13)15)6-7-17-2/h8-9H,3-7,12H2,1-2H3,(H2,13,15)(H,14,16)/t8-,9-/m1/s1. The zero-order chi connectivity index (χ0) is 13.3. The highest BCUT2D eigenvalue weighted by Crippen LogP contribution is 2.02. The van der Waals surface area contributed by atoms with Crippen molar-refractivity contribution in [3.05, 3.63) is 0 Å². The van der Waals surface area contributed by atoms with Crippen LogP contribution in [-0.4, -0.2) is 35.9 Å². The number of amides is 2. The molecule has 0 rings (SSSR count). The smallest absolute Gasteiger partial charge is 0.240 e. The van der Waals surface area contributed by atoms with Gasteiger partial charge >= 0.3 is 0 Å². The number of primary amides is 1. The molecule has 0 radical (unpaired) electrons.